The van der Waals surface area contributed by atoms with E-state index >= 15 is 0 Å². The number of β-amino-alcohol motifs (C(OH)–C–C–N with tert-alkyl or cyclic N) is 1. The van der Waals surface area contributed by atoms with E-state index in [1.54, 1.807) is 11.0 Å². The molecule has 0 aliphatic carbocycles. The average molecular weight is 532 g/mol. The molecule has 0 aromatic heterocycles. The number of hydrogen-bond acceptors (Lipinski definition) is 5. The molecule has 3 fully saturated rings. The summed E-state index contributed by atoms with van der Waals surface area (Å²) in [5, 5.41) is 19.4. The molecule has 3 heterocycles. The second-order valence-corrected chi connectivity index (χ2v) is 13.8. The fraction of sp³-hybridized carbons (Fsp3) is 0.783. The van der Waals surface area contributed by atoms with E-state index in [0.717, 1.165) is 6.42 Å². The Morgan fingerprint density at radius 2 is 1.97 bits per heavy atom. The minimum Gasteiger partial charge on any atom is -0.481 e. The van der Waals surface area contributed by atoms with Crippen LogP contribution in [0.5, 0.6) is 0 Å². The van der Waals surface area contributed by atoms with Crippen molar-refractivity contribution in [3.63, 3.8) is 0 Å². The number of nitrogens with zero attached hydrogens (tertiary/aromatic N) is 2. The number of hydrogen-bond donors (Lipinski definition) is 2. The van der Waals surface area contributed by atoms with Crippen molar-refractivity contribution in [2.45, 2.75) is 73.9 Å². The summed E-state index contributed by atoms with van der Waals surface area (Å²) in [7, 11) is 0. The van der Waals surface area contributed by atoms with Crippen molar-refractivity contribution in [2.75, 3.05) is 19.7 Å². The number of carbonyl (C=O) groups is 3. The molecule has 3 saturated heterocycles. The molecule has 3 unspecified atom stereocenters. The second kappa shape index (κ2) is 8.62. The predicted octanol–water partition coefficient (Wildman–Crippen LogP) is 2.76. The van der Waals surface area contributed by atoms with Crippen LogP contribution in [0, 0.1) is 17.3 Å². The van der Waals surface area contributed by atoms with Gasteiger partial charge in [-0.1, -0.05) is 42.8 Å². The predicted molar refractivity (Wildman–Crippen MR) is 129 cm³/mol. The van der Waals surface area contributed by atoms with Crippen LogP contribution < -0.4 is 0 Å². The number of thioether (sulfide) groups is 1. The van der Waals surface area contributed by atoms with Crippen LogP contribution in [0.4, 0.5) is 0 Å². The Morgan fingerprint density at radius 1 is 1.34 bits per heavy atom. The highest BCUT2D eigenvalue weighted by molar-refractivity contribution is 9.09. The number of aliphatic hydroxyl groups is 1. The molecule has 32 heavy (non-hydrogen) atoms. The minimum absolute atomic E-state index is 0.0135. The highest BCUT2D eigenvalue weighted by atomic mass is 79.9. The number of aliphatic carboxylic acids is 1. The molecule has 2 amide bonds. The van der Waals surface area contributed by atoms with E-state index in [2.05, 4.69) is 43.3 Å². The van der Waals surface area contributed by atoms with Crippen molar-refractivity contribution >= 4 is 45.5 Å². The van der Waals surface area contributed by atoms with Crippen molar-refractivity contribution in [1.29, 1.82) is 0 Å². The van der Waals surface area contributed by atoms with Crippen LogP contribution in [0.2, 0.25) is 0 Å². The molecule has 3 aliphatic rings. The third-order valence-electron chi connectivity index (χ3n) is 6.92. The lowest BCUT2D eigenvalue weighted by Crippen LogP contribution is -2.60. The van der Waals surface area contributed by atoms with Crippen LogP contribution in [-0.4, -0.2) is 83.9 Å². The zero-order valence-corrected chi connectivity index (χ0v) is 21.9. The molecule has 180 valence electrons. The first kappa shape index (κ1) is 25.6. The first-order valence-corrected chi connectivity index (χ1v) is 12.9. The Labute approximate surface area is 203 Å². The molecule has 6 atom stereocenters. The number of amides is 2. The summed E-state index contributed by atoms with van der Waals surface area (Å²) in [6, 6.07) is -0.814. The molecule has 7 nitrogen and oxygen atoms in total. The lowest BCUT2D eigenvalue weighted by Gasteiger charge is -2.46. The summed E-state index contributed by atoms with van der Waals surface area (Å²) in [6.07, 6.45) is 2.98. The smallest absolute Gasteiger partial charge is 0.308 e. The Hall–Kier alpha value is -1.06. The van der Waals surface area contributed by atoms with Crippen LogP contribution >= 0.6 is 27.7 Å². The maximum absolute atomic E-state index is 14.2. The Kier molecular flexibility index (Phi) is 6.88. The SMILES string of the molecule is C=CCN(C(=O)C1N(CCO)C(=O)[C@@H]2[C@@H](C(=O)O)[C@@H]3SC12CC3Br)C(C)(C)CC(C)(C)C. The number of carboxylic acid groups (broad SMARTS) is 1. The summed E-state index contributed by atoms with van der Waals surface area (Å²) in [6.45, 7) is 14.3. The maximum Gasteiger partial charge on any atom is 0.308 e. The van der Waals surface area contributed by atoms with Gasteiger partial charge >= 0.3 is 5.97 Å². The van der Waals surface area contributed by atoms with E-state index in [1.165, 1.54) is 16.7 Å². The van der Waals surface area contributed by atoms with E-state index < -0.39 is 34.1 Å². The third kappa shape index (κ3) is 4.02. The van der Waals surface area contributed by atoms with E-state index in [0.29, 0.717) is 13.0 Å². The molecule has 0 aromatic rings. The number of alkyl halides is 1. The first-order valence-electron chi connectivity index (χ1n) is 11.1. The third-order valence-corrected chi connectivity index (χ3v) is 10.1. The summed E-state index contributed by atoms with van der Waals surface area (Å²) in [5.74, 6) is -3.13. The zero-order chi connectivity index (χ0) is 24.2. The van der Waals surface area contributed by atoms with Gasteiger partial charge in [0, 0.05) is 28.7 Å². The van der Waals surface area contributed by atoms with Crippen LogP contribution in [0.1, 0.15) is 47.5 Å². The van der Waals surface area contributed by atoms with E-state index in [4.69, 9.17) is 0 Å². The van der Waals surface area contributed by atoms with Gasteiger partial charge in [-0.2, -0.15) is 0 Å². The Bertz CT molecular complexity index is 813. The van der Waals surface area contributed by atoms with Crippen molar-refractivity contribution in [2.24, 2.45) is 17.3 Å². The molecule has 3 rings (SSSR count). The molecule has 2 N–H and O–H groups in total. The fourth-order valence-corrected chi connectivity index (χ4v) is 9.94. The first-order chi connectivity index (χ1) is 14.7. The number of rotatable bonds is 8. The van der Waals surface area contributed by atoms with Gasteiger partial charge in [0.05, 0.1) is 23.2 Å². The maximum atomic E-state index is 14.2. The van der Waals surface area contributed by atoms with Gasteiger partial charge in [0.15, 0.2) is 0 Å². The fourth-order valence-electron chi connectivity index (χ4n) is 6.34. The molecule has 0 aromatic carbocycles. The number of likely N-dealkylation sites (tertiary alicyclic amines) is 1. The molecule has 2 bridgehead atoms. The summed E-state index contributed by atoms with van der Waals surface area (Å²) in [4.78, 5) is 43.0. The lowest BCUT2D eigenvalue weighted by molar-refractivity contribution is -0.149. The van der Waals surface area contributed by atoms with Gasteiger partial charge in [0.1, 0.15) is 6.04 Å². The van der Waals surface area contributed by atoms with E-state index in [1.807, 2.05) is 13.8 Å². The van der Waals surface area contributed by atoms with Gasteiger partial charge in [-0.3, -0.25) is 14.4 Å². The van der Waals surface area contributed by atoms with Crippen LogP contribution in [0.3, 0.4) is 0 Å². The molecule has 0 radical (unpaired) electrons. The molecule has 0 saturated carbocycles. The Morgan fingerprint density at radius 3 is 2.47 bits per heavy atom. The van der Waals surface area contributed by atoms with Crippen molar-refractivity contribution in [1.82, 2.24) is 9.80 Å². The van der Waals surface area contributed by atoms with Gasteiger partial charge in [-0.15, -0.1) is 18.3 Å². The van der Waals surface area contributed by atoms with Crippen molar-refractivity contribution in [3.05, 3.63) is 12.7 Å². The number of aliphatic hydroxyl groups excluding tert-OH is 1. The number of halogens is 1. The molecule has 9 heteroatoms. The van der Waals surface area contributed by atoms with Crippen molar-refractivity contribution in [3.8, 4) is 0 Å². The topological polar surface area (TPSA) is 98.2 Å². The standard InChI is InChI=1S/C23H35BrN2O5S/c1-7-8-26(22(5,6)12-21(2,3)4)19(29)17-23-11-13(24)16(32-23)14(20(30)31)15(23)18(28)25(17)9-10-27/h7,13-17,27H,1,8-12H2,2-6H3,(H,30,31)/t13?,14-,15+,16-,17?,23?/m1/s1. The van der Waals surface area contributed by atoms with Crippen molar-refractivity contribution < 1.29 is 24.6 Å². The zero-order valence-electron chi connectivity index (χ0n) is 19.5. The van der Waals surface area contributed by atoms with E-state index in [-0.39, 0.29) is 40.5 Å². The second-order valence-electron chi connectivity index (χ2n) is 11.0. The highest BCUT2D eigenvalue weighted by Gasteiger charge is 2.76. The summed E-state index contributed by atoms with van der Waals surface area (Å²) in [5.41, 5.74) is -0.538. The minimum atomic E-state index is -1.00. The number of carboxylic acids is 1. The number of carbonyl (C=O) groups excluding carboxylic acids is 2. The quantitative estimate of drug-likeness (QED) is 0.369. The van der Waals surface area contributed by atoms with Crippen LogP contribution in [0.15, 0.2) is 12.7 Å². The highest BCUT2D eigenvalue weighted by Crippen LogP contribution is 2.67. The van der Waals surface area contributed by atoms with Gasteiger partial charge in [0.25, 0.3) is 0 Å². The normalized spacial score (nSPS) is 34.0. The van der Waals surface area contributed by atoms with Crippen LogP contribution in [0.25, 0.3) is 0 Å². The largest absolute Gasteiger partial charge is 0.481 e. The van der Waals surface area contributed by atoms with Gasteiger partial charge in [-0.25, -0.2) is 0 Å². The Balaban J connectivity index is 2.08. The van der Waals surface area contributed by atoms with Gasteiger partial charge in [0.2, 0.25) is 11.8 Å². The van der Waals surface area contributed by atoms with Crippen LogP contribution in [-0.2, 0) is 14.4 Å². The molecule has 1 spiro atoms. The molecular formula is C23H35BrN2O5S. The molecular weight excluding hydrogens is 496 g/mol. The lowest BCUT2D eigenvalue weighted by atomic mass is 9.70. The average Bonchev–Trinajstić information content (AvgIpc) is 3.21. The number of fused-ring (bicyclic) bond motifs is 1. The monoisotopic (exact) mass is 530 g/mol. The van der Waals surface area contributed by atoms with Gasteiger partial charge < -0.3 is 20.0 Å². The summed E-state index contributed by atoms with van der Waals surface area (Å²) >= 11 is 5.11. The van der Waals surface area contributed by atoms with E-state index in [9.17, 15) is 24.6 Å². The van der Waals surface area contributed by atoms with Gasteiger partial charge in [-0.05, 0) is 32.1 Å². The summed E-state index contributed by atoms with van der Waals surface area (Å²) < 4.78 is -0.817. The molecule has 3 aliphatic heterocycles.